The predicted octanol–water partition coefficient (Wildman–Crippen LogP) is 4.62. The van der Waals surface area contributed by atoms with E-state index in [9.17, 15) is 14.4 Å². The van der Waals surface area contributed by atoms with Gasteiger partial charge in [-0.1, -0.05) is 72.3 Å². The standard InChI is InChI=1S/C26H25ClN2O4/c1-33-25(31)17-23(19-12-14-21(27)15-13-19)28-24(30)16-22(18-8-4-2-5-9-18)29-26(32)20-10-6-3-7-11-20/h2-15,22-23H,16-17H2,1H3,(H,28,30)(H,29,32). The van der Waals surface area contributed by atoms with Crippen molar-refractivity contribution in [1.82, 2.24) is 10.6 Å². The minimum atomic E-state index is -0.594. The molecule has 2 amide bonds. The van der Waals surface area contributed by atoms with Crippen LogP contribution in [0.3, 0.4) is 0 Å². The summed E-state index contributed by atoms with van der Waals surface area (Å²) in [6.07, 6.45) is -0.0376. The van der Waals surface area contributed by atoms with Crippen LogP contribution in [0, 0.1) is 0 Å². The topological polar surface area (TPSA) is 84.5 Å². The van der Waals surface area contributed by atoms with Crippen molar-refractivity contribution in [3.05, 3.63) is 107 Å². The fourth-order valence-electron chi connectivity index (χ4n) is 3.40. The summed E-state index contributed by atoms with van der Waals surface area (Å²) in [7, 11) is 1.30. The molecule has 3 aromatic rings. The molecule has 0 saturated heterocycles. The van der Waals surface area contributed by atoms with Gasteiger partial charge in [-0.05, 0) is 35.4 Å². The monoisotopic (exact) mass is 464 g/mol. The van der Waals surface area contributed by atoms with Gasteiger partial charge in [0.1, 0.15) is 0 Å². The third-order valence-electron chi connectivity index (χ3n) is 5.14. The Morgan fingerprint density at radius 1 is 0.758 bits per heavy atom. The SMILES string of the molecule is COC(=O)CC(NC(=O)CC(NC(=O)c1ccccc1)c1ccccc1)c1ccc(Cl)cc1. The average Bonchev–Trinajstić information content (AvgIpc) is 2.84. The Balaban J connectivity index is 1.77. The van der Waals surface area contributed by atoms with Gasteiger partial charge in [0.2, 0.25) is 5.91 Å². The number of amides is 2. The molecule has 2 N–H and O–H groups in total. The van der Waals surface area contributed by atoms with Crippen molar-refractivity contribution in [3.63, 3.8) is 0 Å². The van der Waals surface area contributed by atoms with E-state index < -0.39 is 18.1 Å². The number of nitrogens with one attached hydrogen (secondary N) is 2. The highest BCUT2D eigenvalue weighted by Crippen LogP contribution is 2.22. The third kappa shape index (κ3) is 7.19. The zero-order valence-electron chi connectivity index (χ0n) is 18.2. The highest BCUT2D eigenvalue weighted by atomic mass is 35.5. The van der Waals surface area contributed by atoms with Crippen LogP contribution in [0.5, 0.6) is 0 Å². The summed E-state index contributed by atoms with van der Waals surface area (Å²) in [5.41, 5.74) is 2.03. The van der Waals surface area contributed by atoms with Crippen molar-refractivity contribution < 1.29 is 19.1 Å². The molecule has 33 heavy (non-hydrogen) atoms. The first kappa shape index (κ1) is 24.0. The van der Waals surface area contributed by atoms with Gasteiger partial charge < -0.3 is 15.4 Å². The van der Waals surface area contributed by atoms with Crippen LogP contribution >= 0.6 is 11.6 Å². The van der Waals surface area contributed by atoms with Gasteiger partial charge in [-0.15, -0.1) is 0 Å². The maximum Gasteiger partial charge on any atom is 0.307 e. The smallest absolute Gasteiger partial charge is 0.307 e. The Kier molecular flexibility index (Phi) is 8.61. The van der Waals surface area contributed by atoms with Crippen molar-refractivity contribution in [3.8, 4) is 0 Å². The summed E-state index contributed by atoms with van der Waals surface area (Å²) in [5, 5.41) is 6.39. The van der Waals surface area contributed by atoms with Crippen molar-refractivity contribution in [1.29, 1.82) is 0 Å². The van der Waals surface area contributed by atoms with Gasteiger partial charge in [0, 0.05) is 10.6 Å². The average molecular weight is 465 g/mol. The van der Waals surface area contributed by atoms with Crippen LogP contribution in [0.4, 0.5) is 0 Å². The van der Waals surface area contributed by atoms with E-state index in [-0.39, 0.29) is 24.7 Å². The van der Waals surface area contributed by atoms with E-state index in [0.29, 0.717) is 10.6 Å². The van der Waals surface area contributed by atoms with Crippen LogP contribution in [-0.4, -0.2) is 24.9 Å². The first-order valence-electron chi connectivity index (χ1n) is 10.5. The maximum absolute atomic E-state index is 13.0. The van der Waals surface area contributed by atoms with Crippen LogP contribution in [0.2, 0.25) is 5.02 Å². The summed E-state index contributed by atoms with van der Waals surface area (Å²) >= 11 is 5.97. The molecular formula is C26H25ClN2O4. The summed E-state index contributed by atoms with van der Waals surface area (Å²) in [5.74, 6) is -1.05. The molecule has 0 aliphatic carbocycles. The normalized spacial score (nSPS) is 12.3. The summed E-state index contributed by atoms with van der Waals surface area (Å²) in [6.45, 7) is 0. The second-order valence-corrected chi connectivity index (χ2v) is 7.90. The van der Waals surface area contributed by atoms with Gasteiger partial charge in [-0.3, -0.25) is 14.4 Å². The number of carbonyl (C=O) groups excluding carboxylic acids is 3. The van der Waals surface area contributed by atoms with Gasteiger partial charge in [0.25, 0.3) is 5.91 Å². The zero-order chi connectivity index (χ0) is 23.6. The molecule has 0 aliphatic heterocycles. The molecule has 3 aromatic carbocycles. The minimum Gasteiger partial charge on any atom is -0.469 e. The van der Waals surface area contributed by atoms with E-state index in [0.717, 1.165) is 11.1 Å². The van der Waals surface area contributed by atoms with Gasteiger partial charge in [-0.2, -0.15) is 0 Å². The Bertz CT molecular complexity index is 1070. The van der Waals surface area contributed by atoms with E-state index in [1.165, 1.54) is 7.11 Å². The molecule has 0 fully saturated rings. The molecule has 3 rings (SSSR count). The number of hydrogen-bond donors (Lipinski definition) is 2. The number of halogens is 1. The fourth-order valence-corrected chi connectivity index (χ4v) is 3.53. The minimum absolute atomic E-state index is 0.00610. The maximum atomic E-state index is 13.0. The molecule has 7 heteroatoms. The highest BCUT2D eigenvalue weighted by Gasteiger charge is 2.23. The number of esters is 1. The fraction of sp³-hybridized carbons (Fsp3) is 0.192. The Morgan fingerprint density at radius 2 is 1.30 bits per heavy atom. The highest BCUT2D eigenvalue weighted by molar-refractivity contribution is 6.30. The zero-order valence-corrected chi connectivity index (χ0v) is 18.9. The molecule has 0 spiro atoms. The first-order valence-corrected chi connectivity index (χ1v) is 10.9. The largest absolute Gasteiger partial charge is 0.469 e. The Hall–Kier alpha value is -3.64. The number of ether oxygens (including phenoxy) is 1. The van der Waals surface area contributed by atoms with Crippen molar-refractivity contribution in [2.45, 2.75) is 24.9 Å². The van der Waals surface area contributed by atoms with E-state index in [2.05, 4.69) is 10.6 Å². The lowest BCUT2D eigenvalue weighted by molar-refractivity contribution is -0.141. The quantitative estimate of drug-likeness (QED) is 0.452. The van der Waals surface area contributed by atoms with Crippen LogP contribution in [-0.2, 0) is 14.3 Å². The molecule has 0 saturated carbocycles. The molecule has 0 radical (unpaired) electrons. The molecule has 0 heterocycles. The van der Waals surface area contributed by atoms with Crippen molar-refractivity contribution in [2.24, 2.45) is 0 Å². The molecule has 6 nitrogen and oxygen atoms in total. The van der Waals surface area contributed by atoms with Gasteiger partial charge >= 0.3 is 5.97 Å². The second kappa shape index (κ2) is 11.8. The number of benzene rings is 3. The van der Waals surface area contributed by atoms with E-state index in [1.54, 1.807) is 48.5 Å². The predicted molar refractivity (Wildman–Crippen MR) is 127 cm³/mol. The second-order valence-electron chi connectivity index (χ2n) is 7.46. The van der Waals surface area contributed by atoms with Gasteiger partial charge in [-0.25, -0.2) is 0 Å². The van der Waals surface area contributed by atoms with Crippen LogP contribution in [0.25, 0.3) is 0 Å². The first-order chi connectivity index (χ1) is 16.0. The van der Waals surface area contributed by atoms with E-state index in [4.69, 9.17) is 16.3 Å². The lowest BCUT2D eigenvalue weighted by Crippen LogP contribution is -2.36. The van der Waals surface area contributed by atoms with Gasteiger partial charge in [0.15, 0.2) is 0 Å². The lowest BCUT2D eigenvalue weighted by atomic mass is 10.0. The van der Waals surface area contributed by atoms with Crippen LogP contribution < -0.4 is 10.6 Å². The molecule has 2 atom stereocenters. The third-order valence-corrected chi connectivity index (χ3v) is 5.39. The molecule has 2 unspecified atom stereocenters. The van der Waals surface area contributed by atoms with E-state index >= 15 is 0 Å². The number of methoxy groups -OCH3 is 1. The number of hydrogen-bond acceptors (Lipinski definition) is 4. The van der Waals surface area contributed by atoms with E-state index in [1.807, 2.05) is 36.4 Å². The molecule has 0 bridgehead atoms. The molecule has 0 aromatic heterocycles. The summed E-state index contributed by atoms with van der Waals surface area (Å²) in [4.78, 5) is 37.7. The molecular weight excluding hydrogens is 440 g/mol. The van der Waals surface area contributed by atoms with Crippen LogP contribution in [0.1, 0.15) is 46.4 Å². The summed E-state index contributed by atoms with van der Waals surface area (Å²) < 4.78 is 4.79. The lowest BCUT2D eigenvalue weighted by Gasteiger charge is -2.22. The number of rotatable bonds is 9. The van der Waals surface area contributed by atoms with Crippen molar-refractivity contribution in [2.75, 3.05) is 7.11 Å². The molecule has 0 aliphatic rings. The summed E-state index contributed by atoms with van der Waals surface area (Å²) in [6, 6.07) is 23.8. The van der Waals surface area contributed by atoms with Crippen molar-refractivity contribution >= 4 is 29.4 Å². The Morgan fingerprint density at radius 3 is 1.91 bits per heavy atom. The van der Waals surface area contributed by atoms with Crippen LogP contribution in [0.15, 0.2) is 84.9 Å². The number of carbonyl (C=O) groups is 3. The van der Waals surface area contributed by atoms with Gasteiger partial charge in [0.05, 0.1) is 32.0 Å². The molecule has 170 valence electrons. The Labute approximate surface area is 197 Å².